The number of nitrogens with one attached hydrogen (secondary N) is 1. The summed E-state index contributed by atoms with van der Waals surface area (Å²) in [7, 11) is 0. The molecule has 0 aromatic heterocycles. The van der Waals surface area contributed by atoms with E-state index in [2.05, 4.69) is 5.32 Å². The number of carbonyl (C=O) groups excluding carboxylic acids is 2. The van der Waals surface area contributed by atoms with Gasteiger partial charge in [-0.3, -0.25) is 9.59 Å². The van der Waals surface area contributed by atoms with Gasteiger partial charge in [0, 0.05) is 17.1 Å². The lowest BCUT2D eigenvalue weighted by atomic mass is 10.0. The number of hydrogen-bond acceptors (Lipinski definition) is 2. The van der Waals surface area contributed by atoms with Crippen molar-refractivity contribution < 1.29 is 9.59 Å². The Bertz CT molecular complexity index is 858. The molecule has 4 nitrogen and oxygen atoms in total. The quantitative estimate of drug-likeness (QED) is 0.699. The summed E-state index contributed by atoms with van der Waals surface area (Å²) in [5.41, 5.74) is 2.51. The molecule has 0 heterocycles. The molecule has 0 radical (unpaired) electrons. The second kappa shape index (κ2) is 9.93. The number of carbonyl (C=O) groups is 2. The highest BCUT2D eigenvalue weighted by molar-refractivity contribution is 6.31. The minimum atomic E-state index is -0.552. The van der Waals surface area contributed by atoms with Gasteiger partial charge in [-0.2, -0.15) is 0 Å². The molecule has 156 valence electrons. The molecule has 5 heteroatoms. The third-order valence-corrected chi connectivity index (χ3v) is 5.15. The second-order valence-corrected chi connectivity index (χ2v) is 8.79. The van der Waals surface area contributed by atoms with Crippen molar-refractivity contribution in [1.29, 1.82) is 0 Å². The lowest BCUT2D eigenvalue weighted by Crippen LogP contribution is -2.53. The fraction of sp³-hybridized carbons (Fsp3) is 0.417. The Hall–Kier alpha value is -2.33. The third-order valence-electron chi connectivity index (χ3n) is 4.79. The van der Waals surface area contributed by atoms with E-state index in [0.717, 1.165) is 16.7 Å². The van der Waals surface area contributed by atoms with E-state index in [-0.39, 0.29) is 23.8 Å². The number of halogens is 1. The van der Waals surface area contributed by atoms with Crippen molar-refractivity contribution >= 4 is 23.4 Å². The summed E-state index contributed by atoms with van der Waals surface area (Å²) in [6, 6.07) is 14.7. The fourth-order valence-electron chi connectivity index (χ4n) is 3.25. The molecule has 1 atom stereocenters. The van der Waals surface area contributed by atoms with E-state index in [4.69, 9.17) is 11.6 Å². The maximum Gasteiger partial charge on any atom is 0.243 e. The van der Waals surface area contributed by atoms with Gasteiger partial charge in [0.15, 0.2) is 0 Å². The number of nitrogens with zero attached hydrogens (tertiary/aromatic N) is 1. The van der Waals surface area contributed by atoms with Crippen molar-refractivity contribution in [2.24, 2.45) is 0 Å². The Balaban J connectivity index is 2.35. The Labute approximate surface area is 179 Å². The average molecular weight is 415 g/mol. The highest BCUT2D eigenvalue weighted by atomic mass is 35.5. The first-order chi connectivity index (χ1) is 13.6. The molecule has 0 aliphatic carbocycles. The molecule has 0 bridgehead atoms. The van der Waals surface area contributed by atoms with Crippen LogP contribution in [0.5, 0.6) is 0 Å². The van der Waals surface area contributed by atoms with Gasteiger partial charge in [0.05, 0.1) is 6.42 Å². The van der Waals surface area contributed by atoms with E-state index in [1.54, 1.807) is 11.0 Å². The molecular formula is C24H31ClN2O2. The van der Waals surface area contributed by atoms with Crippen LogP contribution in [-0.4, -0.2) is 28.3 Å². The largest absolute Gasteiger partial charge is 0.350 e. The number of hydrogen-bond donors (Lipinski definition) is 1. The van der Waals surface area contributed by atoms with E-state index in [1.165, 1.54) is 0 Å². The minimum Gasteiger partial charge on any atom is -0.350 e. The van der Waals surface area contributed by atoms with Gasteiger partial charge in [0.25, 0.3) is 0 Å². The molecule has 2 aromatic carbocycles. The topological polar surface area (TPSA) is 49.4 Å². The van der Waals surface area contributed by atoms with Gasteiger partial charge >= 0.3 is 0 Å². The van der Waals surface area contributed by atoms with Crippen LogP contribution in [0.4, 0.5) is 0 Å². The summed E-state index contributed by atoms with van der Waals surface area (Å²) >= 11 is 6.27. The van der Waals surface area contributed by atoms with E-state index in [9.17, 15) is 9.59 Å². The Morgan fingerprint density at radius 1 is 1.03 bits per heavy atom. The lowest BCUT2D eigenvalue weighted by Gasteiger charge is -2.33. The van der Waals surface area contributed by atoms with Gasteiger partial charge < -0.3 is 10.2 Å². The van der Waals surface area contributed by atoms with Crippen molar-refractivity contribution in [3.05, 3.63) is 70.2 Å². The van der Waals surface area contributed by atoms with Crippen molar-refractivity contribution in [3.63, 3.8) is 0 Å². The molecule has 2 amide bonds. The summed E-state index contributed by atoms with van der Waals surface area (Å²) in [6.07, 6.45) is 0.687. The van der Waals surface area contributed by atoms with Crippen molar-refractivity contribution in [2.45, 2.75) is 65.6 Å². The van der Waals surface area contributed by atoms with Crippen molar-refractivity contribution in [2.75, 3.05) is 0 Å². The summed E-state index contributed by atoms with van der Waals surface area (Å²) < 4.78 is 0. The molecule has 0 unspecified atom stereocenters. The highest BCUT2D eigenvalue weighted by Crippen LogP contribution is 2.20. The first kappa shape index (κ1) is 23.0. The monoisotopic (exact) mass is 414 g/mol. The molecule has 2 aromatic rings. The zero-order valence-corrected chi connectivity index (χ0v) is 18.7. The Morgan fingerprint density at radius 3 is 2.17 bits per heavy atom. The smallest absolute Gasteiger partial charge is 0.243 e. The summed E-state index contributed by atoms with van der Waals surface area (Å²) in [5, 5.41) is 3.58. The standard InChI is InChI=1S/C24H31ClN2O2/c1-6-21(23(29)26-24(3,4)5)27(16-19-13-8-7-11-17(19)2)22(28)15-18-12-9-10-14-20(18)25/h7-14,21H,6,15-16H2,1-5H3,(H,26,29)/t21-/m0/s1. The predicted octanol–water partition coefficient (Wildman–Crippen LogP) is 4.91. The number of amides is 2. The van der Waals surface area contributed by atoms with E-state index < -0.39 is 6.04 Å². The number of benzene rings is 2. The van der Waals surface area contributed by atoms with Gasteiger partial charge in [-0.15, -0.1) is 0 Å². The second-order valence-electron chi connectivity index (χ2n) is 8.38. The van der Waals surface area contributed by atoms with Crippen LogP contribution in [0.3, 0.4) is 0 Å². The van der Waals surface area contributed by atoms with E-state index in [1.807, 2.05) is 77.1 Å². The van der Waals surface area contributed by atoms with Crippen LogP contribution in [0.25, 0.3) is 0 Å². The third kappa shape index (κ3) is 6.60. The summed E-state index contributed by atoms with van der Waals surface area (Å²) in [5.74, 6) is -0.252. The SMILES string of the molecule is CC[C@@H](C(=O)NC(C)(C)C)N(Cc1ccccc1C)C(=O)Cc1ccccc1Cl. The van der Waals surface area contributed by atoms with Crippen LogP contribution in [0.15, 0.2) is 48.5 Å². The van der Waals surface area contributed by atoms with Gasteiger partial charge in [0.2, 0.25) is 11.8 Å². The molecular weight excluding hydrogens is 384 g/mol. The molecule has 0 aliphatic heterocycles. The van der Waals surface area contributed by atoms with Crippen LogP contribution in [0.1, 0.15) is 50.8 Å². The molecule has 2 rings (SSSR count). The highest BCUT2D eigenvalue weighted by Gasteiger charge is 2.31. The van der Waals surface area contributed by atoms with Crippen LogP contribution in [-0.2, 0) is 22.6 Å². The number of aryl methyl sites for hydroxylation is 1. The van der Waals surface area contributed by atoms with Gasteiger partial charge in [0.1, 0.15) is 6.04 Å². The maximum atomic E-state index is 13.3. The molecule has 0 aliphatic rings. The normalized spacial score (nSPS) is 12.3. The van der Waals surface area contributed by atoms with Crippen molar-refractivity contribution in [3.8, 4) is 0 Å². The zero-order valence-electron chi connectivity index (χ0n) is 18.0. The lowest BCUT2D eigenvalue weighted by molar-refractivity contribution is -0.141. The minimum absolute atomic E-state index is 0.114. The average Bonchev–Trinajstić information content (AvgIpc) is 2.63. The molecule has 0 fully saturated rings. The molecule has 0 saturated heterocycles. The molecule has 29 heavy (non-hydrogen) atoms. The van der Waals surface area contributed by atoms with Crippen molar-refractivity contribution in [1.82, 2.24) is 10.2 Å². The first-order valence-corrected chi connectivity index (χ1v) is 10.4. The van der Waals surface area contributed by atoms with E-state index in [0.29, 0.717) is 18.0 Å². The first-order valence-electron chi connectivity index (χ1n) is 10.0. The van der Waals surface area contributed by atoms with Gasteiger partial charge in [-0.1, -0.05) is 61.0 Å². The van der Waals surface area contributed by atoms with Gasteiger partial charge in [-0.25, -0.2) is 0 Å². The summed E-state index contributed by atoms with van der Waals surface area (Å²) in [4.78, 5) is 28.0. The van der Waals surface area contributed by atoms with Crippen LogP contribution < -0.4 is 5.32 Å². The van der Waals surface area contributed by atoms with Gasteiger partial charge in [-0.05, 0) is 56.9 Å². The predicted molar refractivity (Wildman–Crippen MR) is 119 cm³/mol. The van der Waals surface area contributed by atoms with Crippen LogP contribution in [0, 0.1) is 6.92 Å². The maximum absolute atomic E-state index is 13.3. The molecule has 0 saturated carbocycles. The Morgan fingerprint density at radius 2 is 1.62 bits per heavy atom. The number of rotatable bonds is 7. The summed E-state index contributed by atoms with van der Waals surface area (Å²) in [6.45, 7) is 10.1. The van der Waals surface area contributed by atoms with Crippen LogP contribution >= 0.6 is 11.6 Å². The molecule has 1 N–H and O–H groups in total. The Kier molecular flexibility index (Phi) is 7.86. The van der Waals surface area contributed by atoms with Crippen LogP contribution in [0.2, 0.25) is 5.02 Å². The van der Waals surface area contributed by atoms with E-state index >= 15 is 0 Å². The zero-order chi connectivity index (χ0) is 21.6. The molecule has 0 spiro atoms. The fourth-order valence-corrected chi connectivity index (χ4v) is 3.45.